The van der Waals surface area contributed by atoms with Crippen LogP contribution in [0.25, 0.3) is 0 Å². The molecular weight excluding hydrogens is 292 g/mol. The molecule has 0 bridgehead atoms. The fourth-order valence-corrected chi connectivity index (χ4v) is 2.58. The number of nitrogens with two attached hydrogens (primary N) is 2. The van der Waals surface area contributed by atoms with Gasteiger partial charge < -0.3 is 31.2 Å². The minimum atomic E-state index is -1.08. The van der Waals surface area contributed by atoms with E-state index in [4.69, 9.17) is 20.9 Å². The molecule has 0 amide bonds. The fraction of sp³-hybridized carbons (Fsp3) is 0.692. The molecule has 1 aliphatic rings. The molecule has 0 radical (unpaired) electrons. The van der Waals surface area contributed by atoms with Crippen LogP contribution in [-0.2, 0) is 9.47 Å². The van der Waals surface area contributed by atoms with Crippen molar-refractivity contribution in [3.05, 3.63) is 22.7 Å². The standard InChI is InChI=1S/C13H22N4O5/c1-21-11-9(19)10(7(18)3-2-5-14)22-12(11)17-6-4-8(15)16-13(17)20/h4,6-7,9-12,18-19H,2-3,5,14H2,1H3,(H2,15,16,20)/t7-,9-,10+,11?,12+/m0/s1. The number of hydrogen-bond acceptors (Lipinski definition) is 8. The van der Waals surface area contributed by atoms with Crippen molar-refractivity contribution >= 4 is 5.82 Å². The highest BCUT2D eigenvalue weighted by Gasteiger charge is 2.48. The van der Waals surface area contributed by atoms with Crippen LogP contribution in [0.4, 0.5) is 5.82 Å². The van der Waals surface area contributed by atoms with E-state index in [0.717, 1.165) is 0 Å². The van der Waals surface area contributed by atoms with E-state index in [9.17, 15) is 15.0 Å². The van der Waals surface area contributed by atoms with E-state index in [0.29, 0.717) is 19.4 Å². The Morgan fingerprint density at radius 2 is 2.32 bits per heavy atom. The van der Waals surface area contributed by atoms with Gasteiger partial charge in [-0.25, -0.2) is 4.79 Å². The third-order valence-electron chi connectivity index (χ3n) is 3.73. The lowest BCUT2D eigenvalue weighted by Gasteiger charge is -2.21. The van der Waals surface area contributed by atoms with Gasteiger partial charge in [0.1, 0.15) is 24.1 Å². The van der Waals surface area contributed by atoms with Crippen LogP contribution in [0.2, 0.25) is 0 Å². The number of aromatic nitrogens is 2. The monoisotopic (exact) mass is 314 g/mol. The lowest BCUT2D eigenvalue weighted by Crippen LogP contribution is -2.40. The molecule has 0 aliphatic carbocycles. The second-order valence-corrected chi connectivity index (χ2v) is 5.22. The Bertz CT molecular complexity index is 551. The van der Waals surface area contributed by atoms with Crippen LogP contribution in [0, 0.1) is 0 Å². The maximum absolute atomic E-state index is 11.9. The molecule has 1 saturated heterocycles. The van der Waals surface area contributed by atoms with E-state index in [1.807, 2.05) is 0 Å². The first kappa shape index (κ1) is 16.8. The summed E-state index contributed by atoms with van der Waals surface area (Å²) in [6, 6.07) is 1.45. The number of aliphatic hydroxyl groups excluding tert-OH is 2. The minimum Gasteiger partial charge on any atom is -0.390 e. The van der Waals surface area contributed by atoms with Gasteiger partial charge in [-0.2, -0.15) is 4.98 Å². The number of rotatable bonds is 6. The molecule has 1 unspecified atom stereocenters. The van der Waals surface area contributed by atoms with Gasteiger partial charge >= 0.3 is 5.69 Å². The van der Waals surface area contributed by atoms with Crippen LogP contribution in [0.3, 0.4) is 0 Å². The number of hydrogen-bond donors (Lipinski definition) is 4. The van der Waals surface area contributed by atoms with E-state index in [-0.39, 0.29) is 5.82 Å². The molecule has 1 fully saturated rings. The van der Waals surface area contributed by atoms with Gasteiger partial charge in [-0.1, -0.05) is 0 Å². The molecule has 0 saturated carbocycles. The molecule has 6 N–H and O–H groups in total. The predicted octanol–water partition coefficient (Wildman–Crippen LogP) is -1.80. The summed E-state index contributed by atoms with van der Waals surface area (Å²) in [4.78, 5) is 15.5. The first-order chi connectivity index (χ1) is 10.5. The topological polar surface area (TPSA) is 146 Å². The average Bonchev–Trinajstić information content (AvgIpc) is 2.81. The van der Waals surface area contributed by atoms with Gasteiger partial charge in [-0.15, -0.1) is 0 Å². The summed E-state index contributed by atoms with van der Waals surface area (Å²) in [5, 5.41) is 20.4. The number of nitrogen functional groups attached to an aromatic ring is 1. The molecule has 0 spiro atoms. The highest BCUT2D eigenvalue weighted by Crippen LogP contribution is 2.33. The summed E-state index contributed by atoms with van der Waals surface area (Å²) in [6.07, 6.45) is -2.14. The fourth-order valence-electron chi connectivity index (χ4n) is 2.58. The third-order valence-corrected chi connectivity index (χ3v) is 3.73. The van der Waals surface area contributed by atoms with Crippen molar-refractivity contribution in [2.45, 2.75) is 43.5 Å². The number of aliphatic hydroxyl groups is 2. The van der Waals surface area contributed by atoms with E-state index < -0.39 is 36.3 Å². The molecule has 22 heavy (non-hydrogen) atoms. The van der Waals surface area contributed by atoms with Crippen molar-refractivity contribution in [3.63, 3.8) is 0 Å². The normalized spacial score (nSPS) is 29.6. The van der Waals surface area contributed by atoms with Gasteiger partial charge in [0.05, 0.1) is 6.10 Å². The van der Waals surface area contributed by atoms with E-state index in [2.05, 4.69) is 4.98 Å². The van der Waals surface area contributed by atoms with Crippen LogP contribution in [0.1, 0.15) is 19.1 Å². The number of methoxy groups -OCH3 is 1. The molecule has 9 heteroatoms. The first-order valence-corrected chi connectivity index (χ1v) is 7.08. The predicted molar refractivity (Wildman–Crippen MR) is 77.9 cm³/mol. The zero-order valence-corrected chi connectivity index (χ0v) is 12.3. The van der Waals surface area contributed by atoms with Crippen molar-refractivity contribution in [1.82, 2.24) is 9.55 Å². The largest absolute Gasteiger partial charge is 0.390 e. The lowest BCUT2D eigenvalue weighted by molar-refractivity contribution is -0.0894. The summed E-state index contributed by atoms with van der Waals surface area (Å²) in [7, 11) is 1.40. The minimum absolute atomic E-state index is 0.0910. The zero-order valence-electron chi connectivity index (χ0n) is 12.3. The SMILES string of the molecule is COC1[C@@H](O)[C@@H]([C@@H](O)CCCN)O[C@H]1n1ccc(N)nc1=O. The number of nitrogens with zero attached hydrogens (tertiary/aromatic N) is 2. The quantitative estimate of drug-likeness (QED) is 0.481. The van der Waals surface area contributed by atoms with Crippen molar-refractivity contribution in [3.8, 4) is 0 Å². The van der Waals surface area contributed by atoms with Crippen LogP contribution in [-0.4, -0.2) is 57.8 Å². The maximum atomic E-state index is 11.9. The van der Waals surface area contributed by atoms with Gasteiger partial charge in [-0.3, -0.25) is 4.57 Å². The zero-order chi connectivity index (χ0) is 16.3. The average molecular weight is 314 g/mol. The Morgan fingerprint density at radius 1 is 1.59 bits per heavy atom. The van der Waals surface area contributed by atoms with Gasteiger partial charge in [0.25, 0.3) is 0 Å². The highest BCUT2D eigenvalue weighted by atomic mass is 16.6. The Hall–Kier alpha value is -1.52. The van der Waals surface area contributed by atoms with Crippen molar-refractivity contribution in [2.24, 2.45) is 5.73 Å². The Labute approximate surface area is 127 Å². The lowest BCUT2D eigenvalue weighted by atomic mass is 10.0. The maximum Gasteiger partial charge on any atom is 0.351 e. The Morgan fingerprint density at radius 3 is 2.91 bits per heavy atom. The van der Waals surface area contributed by atoms with Crippen molar-refractivity contribution < 1.29 is 19.7 Å². The summed E-state index contributed by atoms with van der Waals surface area (Å²) < 4.78 is 12.1. The van der Waals surface area contributed by atoms with Gasteiger partial charge in [0.15, 0.2) is 6.23 Å². The third kappa shape index (κ3) is 3.28. The smallest absolute Gasteiger partial charge is 0.351 e. The summed E-state index contributed by atoms with van der Waals surface area (Å²) in [5.41, 5.74) is 10.3. The molecule has 2 rings (SSSR count). The van der Waals surface area contributed by atoms with E-state index in [1.54, 1.807) is 0 Å². The Balaban J connectivity index is 2.23. The van der Waals surface area contributed by atoms with E-state index >= 15 is 0 Å². The van der Waals surface area contributed by atoms with Gasteiger partial charge in [0, 0.05) is 13.3 Å². The molecule has 1 aliphatic heterocycles. The van der Waals surface area contributed by atoms with Crippen LogP contribution in [0.15, 0.2) is 17.1 Å². The van der Waals surface area contributed by atoms with Crippen LogP contribution < -0.4 is 17.2 Å². The highest BCUT2D eigenvalue weighted by molar-refractivity contribution is 5.23. The second-order valence-electron chi connectivity index (χ2n) is 5.22. The van der Waals surface area contributed by atoms with E-state index in [1.165, 1.54) is 23.9 Å². The second kappa shape index (κ2) is 7.16. The molecule has 2 heterocycles. The summed E-state index contributed by atoms with van der Waals surface area (Å²) in [6.45, 7) is 0.429. The first-order valence-electron chi connectivity index (χ1n) is 7.08. The molecular formula is C13H22N4O5. The summed E-state index contributed by atoms with van der Waals surface area (Å²) >= 11 is 0. The molecule has 124 valence electrons. The van der Waals surface area contributed by atoms with Crippen molar-refractivity contribution in [1.29, 1.82) is 0 Å². The number of ether oxygens (including phenoxy) is 2. The van der Waals surface area contributed by atoms with Crippen LogP contribution >= 0.6 is 0 Å². The molecule has 1 aromatic rings. The molecule has 5 atom stereocenters. The number of anilines is 1. The Kier molecular flexibility index (Phi) is 5.48. The van der Waals surface area contributed by atoms with Crippen molar-refractivity contribution in [2.75, 3.05) is 19.4 Å². The summed E-state index contributed by atoms with van der Waals surface area (Å²) in [5.74, 6) is 0.0910. The van der Waals surface area contributed by atoms with Gasteiger partial charge in [-0.05, 0) is 25.5 Å². The molecule has 0 aromatic carbocycles. The molecule has 1 aromatic heterocycles. The van der Waals surface area contributed by atoms with Crippen LogP contribution in [0.5, 0.6) is 0 Å². The molecule has 9 nitrogen and oxygen atoms in total. The van der Waals surface area contributed by atoms with Gasteiger partial charge in [0.2, 0.25) is 0 Å².